The second-order valence-electron chi connectivity index (χ2n) is 3.29. The molecule has 1 heterocycles. The van der Waals surface area contributed by atoms with Crippen LogP contribution in [0, 0.1) is 0 Å². The van der Waals surface area contributed by atoms with Crippen LogP contribution in [-0.4, -0.2) is 27.0 Å². The summed E-state index contributed by atoms with van der Waals surface area (Å²) < 4.78 is 9.60. The van der Waals surface area contributed by atoms with Gasteiger partial charge in [-0.1, -0.05) is 0 Å². The SMILES string of the molecule is CCCCOc1cccc2[te]ccc12. The molecule has 0 radical (unpaired) electrons. The Bertz CT molecular complexity index is 405. The minimum absolute atomic E-state index is 0.0437. The fourth-order valence-corrected chi connectivity index (χ4v) is 3.71. The second kappa shape index (κ2) is 4.87. The molecular weight excluding hydrogens is 288 g/mol. The molecule has 0 fully saturated rings. The van der Waals surface area contributed by atoms with E-state index in [2.05, 4.69) is 35.3 Å². The number of fused-ring (bicyclic) bond motifs is 1. The molecule has 0 N–H and O–H groups in total. The Morgan fingerprint density at radius 3 is 3.07 bits per heavy atom. The van der Waals surface area contributed by atoms with Crippen molar-refractivity contribution in [3.63, 3.8) is 0 Å². The average Bonchev–Trinajstić information content (AvgIpc) is 2.67. The van der Waals surface area contributed by atoms with Crippen LogP contribution in [0.1, 0.15) is 19.8 Å². The van der Waals surface area contributed by atoms with Crippen LogP contribution in [0.2, 0.25) is 0 Å². The Balaban J connectivity index is 2.19. The zero-order valence-electron chi connectivity index (χ0n) is 8.32. The molecule has 2 aromatic rings. The molecule has 0 amide bonds. The molecule has 1 nitrogen and oxygen atoms in total. The van der Waals surface area contributed by atoms with Gasteiger partial charge in [0.25, 0.3) is 0 Å². The van der Waals surface area contributed by atoms with Gasteiger partial charge in [0.05, 0.1) is 0 Å². The van der Waals surface area contributed by atoms with E-state index in [1.807, 2.05) is 0 Å². The molecule has 0 bridgehead atoms. The molecule has 14 heavy (non-hydrogen) atoms. The van der Waals surface area contributed by atoms with Gasteiger partial charge in [0.2, 0.25) is 0 Å². The van der Waals surface area contributed by atoms with Gasteiger partial charge in [0.15, 0.2) is 0 Å². The zero-order valence-corrected chi connectivity index (χ0v) is 10.7. The Morgan fingerprint density at radius 1 is 1.29 bits per heavy atom. The molecule has 0 aliphatic rings. The van der Waals surface area contributed by atoms with E-state index in [0.29, 0.717) is 0 Å². The van der Waals surface area contributed by atoms with Crippen LogP contribution in [0.3, 0.4) is 0 Å². The van der Waals surface area contributed by atoms with Crippen molar-refractivity contribution in [2.45, 2.75) is 19.8 Å². The molecule has 0 aliphatic carbocycles. The second-order valence-corrected chi connectivity index (χ2v) is 6.00. The van der Waals surface area contributed by atoms with E-state index in [0.717, 1.165) is 18.8 Å². The maximum absolute atomic E-state index is 5.76. The summed E-state index contributed by atoms with van der Waals surface area (Å²) in [6.45, 7) is 3.03. The molecule has 0 saturated carbocycles. The predicted molar refractivity (Wildman–Crippen MR) is 61.3 cm³/mol. The van der Waals surface area contributed by atoms with Crippen molar-refractivity contribution in [1.82, 2.24) is 0 Å². The Kier molecular flexibility index (Phi) is 3.50. The first-order valence-electron chi connectivity index (χ1n) is 5.01. The molecule has 1 aromatic carbocycles. The summed E-state index contributed by atoms with van der Waals surface area (Å²) in [6, 6.07) is 8.64. The van der Waals surface area contributed by atoms with Crippen molar-refractivity contribution < 1.29 is 4.74 Å². The van der Waals surface area contributed by atoms with Gasteiger partial charge in [0, 0.05) is 0 Å². The molecule has 0 atom stereocenters. The monoisotopic (exact) mass is 304 g/mol. The van der Waals surface area contributed by atoms with Gasteiger partial charge in [-0.05, 0) is 0 Å². The third kappa shape index (κ3) is 2.13. The predicted octanol–water partition coefficient (Wildman–Crippen LogP) is 3.08. The summed E-state index contributed by atoms with van der Waals surface area (Å²) in [5, 5.41) is 1.34. The topological polar surface area (TPSA) is 9.23 Å². The first kappa shape index (κ1) is 10.1. The third-order valence-electron chi connectivity index (χ3n) is 2.21. The van der Waals surface area contributed by atoms with Crippen molar-refractivity contribution in [3.8, 4) is 5.75 Å². The van der Waals surface area contributed by atoms with E-state index in [-0.39, 0.29) is 20.4 Å². The van der Waals surface area contributed by atoms with Crippen molar-refractivity contribution >= 4 is 29.2 Å². The number of unbranched alkanes of at least 4 members (excludes halogenated alkanes) is 1. The van der Waals surface area contributed by atoms with E-state index in [1.165, 1.54) is 15.2 Å². The molecule has 0 saturated heterocycles. The first-order valence-corrected chi connectivity index (χ1v) is 7.52. The minimum atomic E-state index is -0.0437. The van der Waals surface area contributed by atoms with Crippen LogP contribution in [0.5, 0.6) is 5.75 Å². The van der Waals surface area contributed by atoms with Gasteiger partial charge in [0.1, 0.15) is 0 Å². The molecule has 1 aromatic heterocycles. The van der Waals surface area contributed by atoms with Crippen molar-refractivity contribution in [2.75, 3.05) is 6.61 Å². The van der Waals surface area contributed by atoms with Gasteiger partial charge in [-0.15, -0.1) is 0 Å². The van der Waals surface area contributed by atoms with E-state index in [1.54, 1.807) is 0 Å². The third-order valence-corrected chi connectivity index (χ3v) is 4.73. The van der Waals surface area contributed by atoms with Gasteiger partial charge < -0.3 is 0 Å². The van der Waals surface area contributed by atoms with Crippen molar-refractivity contribution in [1.29, 1.82) is 0 Å². The van der Waals surface area contributed by atoms with E-state index < -0.39 is 0 Å². The van der Waals surface area contributed by atoms with Crippen LogP contribution < -0.4 is 4.74 Å². The summed E-state index contributed by atoms with van der Waals surface area (Å²) in [7, 11) is 0. The van der Waals surface area contributed by atoms with Gasteiger partial charge in [-0.3, -0.25) is 0 Å². The molecule has 0 aliphatic heterocycles. The van der Waals surface area contributed by atoms with E-state index in [9.17, 15) is 0 Å². The first-order chi connectivity index (χ1) is 6.92. The Morgan fingerprint density at radius 2 is 2.21 bits per heavy atom. The standard InChI is InChI=1S/C12H14OTe/c1-2-3-8-13-11-5-4-6-12-10(11)7-9-14-12/h4-7,9H,2-3,8H2,1H3. The van der Waals surface area contributed by atoms with E-state index in [4.69, 9.17) is 4.74 Å². The van der Waals surface area contributed by atoms with Crippen molar-refractivity contribution in [2.24, 2.45) is 0 Å². The zero-order chi connectivity index (χ0) is 9.80. The van der Waals surface area contributed by atoms with Crippen molar-refractivity contribution in [3.05, 3.63) is 28.3 Å². The summed E-state index contributed by atoms with van der Waals surface area (Å²) in [5.74, 6) is 1.08. The molecule has 0 unspecified atom stereocenters. The fraction of sp³-hybridized carbons (Fsp3) is 0.333. The van der Waals surface area contributed by atoms with Crippen LogP contribution in [0.15, 0.2) is 28.3 Å². The van der Waals surface area contributed by atoms with Gasteiger partial charge in [-0.2, -0.15) is 0 Å². The summed E-state index contributed by atoms with van der Waals surface area (Å²) in [5.41, 5.74) is 0. The number of hydrogen-bond donors (Lipinski definition) is 0. The number of ether oxygens (including phenoxy) is 1. The quantitative estimate of drug-likeness (QED) is 0.623. The number of benzene rings is 1. The van der Waals surface area contributed by atoms with E-state index >= 15 is 0 Å². The van der Waals surface area contributed by atoms with Crippen LogP contribution >= 0.6 is 0 Å². The van der Waals surface area contributed by atoms with Crippen LogP contribution in [-0.2, 0) is 0 Å². The number of hydrogen-bond acceptors (Lipinski definition) is 1. The Hall–Kier alpha value is -0.450. The summed E-state index contributed by atoms with van der Waals surface area (Å²) >= 11 is -0.0437. The summed E-state index contributed by atoms with van der Waals surface area (Å²) in [4.78, 5) is 0. The molecule has 2 heteroatoms. The molecular formula is C12H14OTe. The average molecular weight is 302 g/mol. The van der Waals surface area contributed by atoms with Gasteiger partial charge >= 0.3 is 94.4 Å². The summed E-state index contributed by atoms with van der Waals surface area (Å²) in [6.07, 6.45) is 2.34. The normalized spacial score (nSPS) is 10.6. The van der Waals surface area contributed by atoms with Crippen LogP contribution in [0.4, 0.5) is 0 Å². The fourth-order valence-electron chi connectivity index (χ4n) is 1.42. The van der Waals surface area contributed by atoms with Crippen LogP contribution in [0.25, 0.3) is 8.79 Å². The maximum atomic E-state index is 5.76. The number of rotatable bonds is 4. The molecule has 0 spiro atoms. The van der Waals surface area contributed by atoms with Gasteiger partial charge in [-0.25, -0.2) is 0 Å². The Labute approximate surface area is 94.3 Å². The molecule has 74 valence electrons. The molecule has 2 rings (SSSR count).